The molecule has 0 unspecified atom stereocenters. The Morgan fingerprint density at radius 3 is 2.55 bits per heavy atom. The number of benzene rings is 1. The molecule has 0 amide bonds. The number of rotatable bonds is 5. The van der Waals surface area contributed by atoms with Crippen LogP contribution in [0.4, 0.5) is 0 Å². The molecule has 0 saturated carbocycles. The van der Waals surface area contributed by atoms with Crippen LogP contribution in [-0.2, 0) is 15.5 Å². The Bertz CT molecular complexity index is 659. The van der Waals surface area contributed by atoms with Crippen molar-refractivity contribution >= 4 is 34.4 Å². The van der Waals surface area contributed by atoms with Crippen molar-refractivity contribution in [2.24, 2.45) is 0 Å². The number of halogens is 1. The van der Waals surface area contributed by atoms with Crippen molar-refractivity contribution in [2.45, 2.75) is 12.0 Å². The zero-order valence-corrected chi connectivity index (χ0v) is 10.9. The summed E-state index contributed by atoms with van der Waals surface area (Å²) in [7, 11) is 0. The number of fused-ring (bicyclic) bond motifs is 1. The number of aliphatic carboxylic acids is 2. The van der Waals surface area contributed by atoms with Crippen molar-refractivity contribution in [2.75, 3.05) is 0 Å². The Morgan fingerprint density at radius 1 is 1.25 bits per heavy atom. The maximum atomic E-state index is 10.9. The molecule has 0 bridgehead atoms. The Balaban J connectivity index is 2.50. The van der Waals surface area contributed by atoms with Crippen molar-refractivity contribution in [1.82, 2.24) is 4.98 Å². The predicted octanol–water partition coefficient (Wildman–Crippen LogP) is 1.89. The smallest absolute Gasteiger partial charge is 0.356 e. The second kappa shape index (κ2) is 5.75. The first kappa shape index (κ1) is 14.1. The number of nitrogens with zero attached hydrogens (tertiary/aromatic N) is 1. The lowest BCUT2D eigenvalue weighted by atomic mass is 10.1. The van der Waals surface area contributed by atoms with Crippen molar-refractivity contribution in [3.8, 4) is 5.75 Å². The highest BCUT2D eigenvalue weighted by atomic mass is 35.5. The topological polar surface area (TPSA) is 96.7 Å². The Hall–Kier alpha value is -2.34. The fraction of sp³-hybridized carbons (Fsp3) is 0.154. The standard InChI is InChI=1S/C13H10ClNO5/c14-6-7-3-4-9(10-8(7)2-1-5-15-10)20-11(12(16)17)13(18)19/h1-5,11H,6H2,(H,16,17)(H,18,19). The maximum absolute atomic E-state index is 10.9. The molecule has 20 heavy (non-hydrogen) atoms. The molecule has 2 N–H and O–H groups in total. The minimum absolute atomic E-state index is 0.0873. The van der Waals surface area contributed by atoms with Gasteiger partial charge >= 0.3 is 11.9 Å². The van der Waals surface area contributed by atoms with Gasteiger partial charge in [0.2, 0.25) is 0 Å². The summed E-state index contributed by atoms with van der Waals surface area (Å²) in [6.45, 7) is 0. The highest BCUT2D eigenvalue weighted by molar-refractivity contribution is 6.18. The van der Waals surface area contributed by atoms with Gasteiger partial charge in [-0.3, -0.25) is 4.98 Å². The third-order valence-corrected chi connectivity index (χ3v) is 2.95. The summed E-state index contributed by atoms with van der Waals surface area (Å²) in [5, 5.41) is 18.4. The molecule has 7 heteroatoms. The van der Waals surface area contributed by atoms with Gasteiger partial charge in [-0.05, 0) is 17.7 Å². The monoisotopic (exact) mass is 295 g/mol. The number of carboxylic acid groups (broad SMARTS) is 2. The van der Waals surface area contributed by atoms with E-state index in [0.29, 0.717) is 10.9 Å². The number of carboxylic acids is 2. The minimum atomic E-state index is -1.98. The van der Waals surface area contributed by atoms with E-state index in [1.165, 1.54) is 12.3 Å². The first-order valence-electron chi connectivity index (χ1n) is 5.59. The summed E-state index contributed by atoms with van der Waals surface area (Å²) in [5.41, 5.74) is 1.17. The maximum Gasteiger partial charge on any atom is 0.356 e. The highest BCUT2D eigenvalue weighted by Crippen LogP contribution is 2.28. The zero-order chi connectivity index (χ0) is 14.7. The number of hydrogen-bond donors (Lipinski definition) is 2. The van der Waals surface area contributed by atoms with Gasteiger partial charge in [0.15, 0.2) is 0 Å². The average Bonchev–Trinajstić information content (AvgIpc) is 2.43. The molecule has 1 heterocycles. The van der Waals surface area contributed by atoms with Gasteiger partial charge in [-0.15, -0.1) is 11.6 Å². The Kier molecular flexibility index (Phi) is 4.05. The molecular formula is C13H10ClNO5. The Labute approximate surface area is 118 Å². The van der Waals surface area contributed by atoms with Crippen LogP contribution in [0.3, 0.4) is 0 Å². The third-order valence-electron chi connectivity index (χ3n) is 2.66. The normalized spacial score (nSPS) is 10.7. The van der Waals surface area contributed by atoms with Gasteiger partial charge < -0.3 is 14.9 Å². The second-order valence-corrected chi connectivity index (χ2v) is 4.20. The van der Waals surface area contributed by atoms with Gasteiger partial charge in [-0.2, -0.15) is 0 Å². The van der Waals surface area contributed by atoms with Crippen LogP contribution in [0, 0.1) is 0 Å². The molecule has 0 saturated heterocycles. The van der Waals surface area contributed by atoms with E-state index in [1.54, 1.807) is 18.2 Å². The Morgan fingerprint density at radius 2 is 1.95 bits per heavy atom. The van der Waals surface area contributed by atoms with Gasteiger partial charge in [-0.25, -0.2) is 9.59 Å². The van der Waals surface area contributed by atoms with Crippen LogP contribution in [0.5, 0.6) is 5.75 Å². The lowest BCUT2D eigenvalue weighted by Crippen LogP contribution is -2.35. The molecule has 0 aliphatic heterocycles. The van der Waals surface area contributed by atoms with Crippen LogP contribution in [0.25, 0.3) is 10.9 Å². The van der Waals surface area contributed by atoms with Gasteiger partial charge in [-0.1, -0.05) is 12.1 Å². The fourth-order valence-corrected chi connectivity index (χ4v) is 1.98. The lowest BCUT2D eigenvalue weighted by Gasteiger charge is -2.13. The second-order valence-electron chi connectivity index (χ2n) is 3.93. The molecular weight excluding hydrogens is 286 g/mol. The largest absolute Gasteiger partial charge is 0.478 e. The van der Waals surface area contributed by atoms with E-state index in [4.69, 9.17) is 26.6 Å². The van der Waals surface area contributed by atoms with E-state index < -0.39 is 18.0 Å². The van der Waals surface area contributed by atoms with Crippen molar-refractivity contribution in [1.29, 1.82) is 0 Å². The molecule has 1 aromatic heterocycles. The number of aromatic nitrogens is 1. The van der Waals surface area contributed by atoms with Crippen molar-refractivity contribution in [3.05, 3.63) is 36.0 Å². The molecule has 0 fully saturated rings. The van der Waals surface area contributed by atoms with Crippen molar-refractivity contribution < 1.29 is 24.5 Å². The molecule has 2 aromatic rings. The van der Waals surface area contributed by atoms with Crippen molar-refractivity contribution in [3.63, 3.8) is 0 Å². The fourth-order valence-electron chi connectivity index (χ4n) is 1.75. The number of ether oxygens (including phenoxy) is 1. The molecule has 104 valence electrons. The number of hydrogen-bond acceptors (Lipinski definition) is 4. The van der Waals surface area contributed by atoms with E-state index in [1.807, 2.05) is 0 Å². The molecule has 2 rings (SSSR count). The van der Waals surface area contributed by atoms with Crippen LogP contribution < -0.4 is 4.74 Å². The summed E-state index contributed by atoms with van der Waals surface area (Å²) in [4.78, 5) is 25.8. The predicted molar refractivity (Wildman–Crippen MR) is 71.0 cm³/mol. The van der Waals surface area contributed by atoms with E-state index >= 15 is 0 Å². The highest BCUT2D eigenvalue weighted by Gasteiger charge is 2.28. The van der Waals surface area contributed by atoms with E-state index in [2.05, 4.69) is 4.98 Å². The van der Waals surface area contributed by atoms with E-state index in [9.17, 15) is 9.59 Å². The molecule has 0 spiro atoms. The minimum Gasteiger partial charge on any atom is -0.478 e. The van der Waals surface area contributed by atoms with Crippen LogP contribution in [0.2, 0.25) is 0 Å². The summed E-state index contributed by atoms with van der Waals surface area (Å²) >= 11 is 5.81. The average molecular weight is 296 g/mol. The number of alkyl halides is 1. The first-order chi connectivity index (χ1) is 9.54. The van der Waals surface area contributed by atoms with E-state index in [-0.39, 0.29) is 11.6 Å². The SMILES string of the molecule is O=C(O)C(Oc1ccc(CCl)c2cccnc12)C(=O)O. The van der Waals surface area contributed by atoms with Gasteiger partial charge in [0.25, 0.3) is 6.10 Å². The van der Waals surface area contributed by atoms with Gasteiger partial charge in [0, 0.05) is 17.5 Å². The van der Waals surface area contributed by atoms with E-state index in [0.717, 1.165) is 5.56 Å². The summed E-state index contributed by atoms with van der Waals surface area (Å²) in [6.07, 6.45) is -0.480. The molecule has 0 radical (unpaired) electrons. The number of carbonyl (C=O) groups is 2. The van der Waals surface area contributed by atoms with Gasteiger partial charge in [0.1, 0.15) is 11.3 Å². The molecule has 0 atom stereocenters. The molecule has 6 nitrogen and oxygen atoms in total. The summed E-state index contributed by atoms with van der Waals surface area (Å²) in [6, 6.07) is 6.57. The lowest BCUT2D eigenvalue weighted by molar-refractivity contribution is -0.158. The van der Waals surface area contributed by atoms with Crippen LogP contribution in [0.15, 0.2) is 30.5 Å². The summed E-state index contributed by atoms with van der Waals surface area (Å²) < 4.78 is 5.05. The quantitative estimate of drug-likeness (QED) is 0.646. The molecule has 0 aliphatic rings. The molecule has 1 aromatic carbocycles. The van der Waals surface area contributed by atoms with Crippen LogP contribution in [-0.4, -0.2) is 33.2 Å². The third kappa shape index (κ3) is 2.65. The first-order valence-corrected chi connectivity index (χ1v) is 6.13. The van der Waals surface area contributed by atoms with Gasteiger partial charge in [0.05, 0.1) is 0 Å². The van der Waals surface area contributed by atoms with Crippen LogP contribution >= 0.6 is 11.6 Å². The summed E-state index contributed by atoms with van der Waals surface area (Å²) in [5.74, 6) is -2.82. The number of pyridine rings is 1. The zero-order valence-electron chi connectivity index (χ0n) is 10.1. The molecule has 0 aliphatic carbocycles. The van der Waals surface area contributed by atoms with Crippen LogP contribution in [0.1, 0.15) is 5.56 Å².